The zero-order chi connectivity index (χ0) is 12.8. The van der Waals surface area contributed by atoms with E-state index in [1.165, 1.54) is 6.92 Å². The molecule has 18 heavy (non-hydrogen) atoms. The van der Waals surface area contributed by atoms with Crippen molar-refractivity contribution in [2.24, 2.45) is 0 Å². The van der Waals surface area contributed by atoms with Crippen molar-refractivity contribution in [3.05, 3.63) is 54.2 Å². The molecule has 0 aliphatic carbocycles. The summed E-state index contributed by atoms with van der Waals surface area (Å²) < 4.78 is 10.5. The maximum atomic E-state index is 10.7. The van der Waals surface area contributed by atoms with Crippen LogP contribution in [0.4, 0.5) is 0 Å². The molecule has 2 aromatic rings. The zero-order valence-electron chi connectivity index (χ0n) is 10.00. The number of nitrogens with zero attached hydrogens (tertiary/aromatic N) is 1. The van der Waals surface area contributed by atoms with E-state index in [1.807, 2.05) is 36.4 Å². The molecular formula is C14H13NO3. The van der Waals surface area contributed by atoms with Crippen molar-refractivity contribution >= 4 is 5.97 Å². The Labute approximate surface area is 105 Å². The molecule has 1 heterocycles. The molecule has 2 rings (SSSR count). The topological polar surface area (TPSA) is 48.4 Å². The minimum atomic E-state index is -0.328. The third-order valence-corrected chi connectivity index (χ3v) is 2.17. The van der Waals surface area contributed by atoms with Gasteiger partial charge in [0.15, 0.2) is 0 Å². The van der Waals surface area contributed by atoms with Crippen molar-refractivity contribution in [1.29, 1.82) is 0 Å². The molecule has 0 amide bonds. The molecule has 0 aliphatic rings. The first kappa shape index (κ1) is 12.1. The molecular weight excluding hydrogens is 230 g/mol. The first-order chi connectivity index (χ1) is 8.74. The summed E-state index contributed by atoms with van der Waals surface area (Å²) in [5.74, 6) is 0.867. The third-order valence-electron chi connectivity index (χ3n) is 2.17. The number of hydrogen-bond donors (Lipinski definition) is 0. The standard InChI is InChI=1S/C14H13NO3/c1-11(16)17-10-12-6-5-9-14(15-12)18-13-7-3-2-4-8-13/h2-9H,10H2,1H3. The third kappa shape index (κ3) is 3.59. The van der Waals surface area contributed by atoms with Gasteiger partial charge in [-0.15, -0.1) is 0 Å². The van der Waals surface area contributed by atoms with Crippen LogP contribution in [-0.4, -0.2) is 11.0 Å². The van der Waals surface area contributed by atoms with Crippen molar-refractivity contribution in [2.45, 2.75) is 13.5 Å². The van der Waals surface area contributed by atoms with Crippen LogP contribution in [0.1, 0.15) is 12.6 Å². The van der Waals surface area contributed by atoms with E-state index < -0.39 is 0 Å². The summed E-state index contributed by atoms with van der Waals surface area (Å²) in [6.07, 6.45) is 0. The Balaban J connectivity index is 2.05. The Morgan fingerprint density at radius 1 is 1.11 bits per heavy atom. The lowest BCUT2D eigenvalue weighted by Crippen LogP contribution is -2.01. The van der Waals surface area contributed by atoms with Gasteiger partial charge in [-0.3, -0.25) is 4.79 Å². The number of carbonyl (C=O) groups excluding carboxylic acids is 1. The van der Waals surface area contributed by atoms with E-state index >= 15 is 0 Å². The van der Waals surface area contributed by atoms with Gasteiger partial charge < -0.3 is 9.47 Å². The van der Waals surface area contributed by atoms with Crippen LogP contribution in [0.15, 0.2) is 48.5 Å². The zero-order valence-corrected chi connectivity index (χ0v) is 10.00. The second-order valence-corrected chi connectivity index (χ2v) is 3.66. The number of esters is 1. The predicted octanol–water partition coefficient (Wildman–Crippen LogP) is 2.94. The minimum absolute atomic E-state index is 0.154. The highest BCUT2D eigenvalue weighted by Gasteiger charge is 2.02. The van der Waals surface area contributed by atoms with Crippen LogP contribution >= 0.6 is 0 Å². The molecule has 92 valence electrons. The highest BCUT2D eigenvalue weighted by Crippen LogP contribution is 2.18. The van der Waals surface area contributed by atoms with Crippen molar-refractivity contribution in [3.8, 4) is 11.6 Å². The minimum Gasteiger partial charge on any atom is -0.459 e. The van der Waals surface area contributed by atoms with Gasteiger partial charge in [0.25, 0.3) is 0 Å². The Morgan fingerprint density at radius 3 is 2.61 bits per heavy atom. The fourth-order valence-electron chi connectivity index (χ4n) is 1.38. The summed E-state index contributed by atoms with van der Waals surface area (Å²) >= 11 is 0. The Morgan fingerprint density at radius 2 is 1.89 bits per heavy atom. The van der Waals surface area contributed by atoms with Gasteiger partial charge in [-0.2, -0.15) is 0 Å². The van der Waals surface area contributed by atoms with Crippen LogP contribution in [0, 0.1) is 0 Å². The fourth-order valence-corrected chi connectivity index (χ4v) is 1.38. The van der Waals surface area contributed by atoms with Gasteiger partial charge in [0.1, 0.15) is 12.4 Å². The lowest BCUT2D eigenvalue weighted by Gasteiger charge is -2.06. The molecule has 0 N–H and O–H groups in total. The lowest BCUT2D eigenvalue weighted by atomic mass is 10.3. The maximum Gasteiger partial charge on any atom is 0.303 e. The molecule has 1 aromatic heterocycles. The molecule has 0 saturated carbocycles. The average molecular weight is 243 g/mol. The number of para-hydroxylation sites is 1. The molecule has 4 heteroatoms. The van der Waals surface area contributed by atoms with E-state index in [0.717, 1.165) is 5.75 Å². The Hall–Kier alpha value is -2.36. The van der Waals surface area contributed by atoms with E-state index in [2.05, 4.69) is 4.98 Å². The average Bonchev–Trinajstić information content (AvgIpc) is 2.38. The van der Waals surface area contributed by atoms with Crippen LogP contribution in [0.3, 0.4) is 0 Å². The molecule has 0 unspecified atom stereocenters. The molecule has 4 nitrogen and oxygen atoms in total. The largest absolute Gasteiger partial charge is 0.459 e. The van der Waals surface area contributed by atoms with Crippen LogP contribution in [0.2, 0.25) is 0 Å². The second kappa shape index (κ2) is 5.82. The molecule has 0 bridgehead atoms. The monoisotopic (exact) mass is 243 g/mol. The Kier molecular flexibility index (Phi) is 3.91. The second-order valence-electron chi connectivity index (χ2n) is 3.66. The van der Waals surface area contributed by atoms with Crippen molar-refractivity contribution in [3.63, 3.8) is 0 Å². The molecule has 1 aromatic carbocycles. The van der Waals surface area contributed by atoms with E-state index in [-0.39, 0.29) is 12.6 Å². The lowest BCUT2D eigenvalue weighted by molar-refractivity contribution is -0.142. The quantitative estimate of drug-likeness (QED) is 0.774. The number of carbonyl (C=O) groups is 1. The number of aromatic nitrogens is 1. The smallest absolute Gasteiger partial charge is 0.303 e. The molecule has 0 aliphatic heterocycles. The van der Waals surface area contributed by atoms with Gasteiger partial charge in [-0.05, 0) is 18.2 Å². The van der Waals surface area contributed by atoms with Gasteiger partial charge in [-0.25, -0.2) is 4.98 Å². The summed E-state index contributed by atoms with van der Waals surface area (Å²) in [6, 6.07) is 14.7. The van der Waals surface area contributed by atoms with Gasteiger partial charge in [0.2, 0.25) is 5.88 Å². The first-order valence-electron chi connectivity index (χ1n) is 5.56. The number of rotatable bonds is 4. The molecule has 0 atom stereocenters. The Bertz CT molecular complexity index is 526. The predicted molar refractivity (Wildman–Crippen MR) is 66.2 cm³/mol. The highest BCUT2D eigenvalue weighted by molar-refractivity contribution is 5.65. The van der Waals surface area contributed by atoms with Crippen molar-refractivity contribution < 1.29 is 14.3 Å². The number of benzene rings is 1. The number of ether oxygens (including phenoxy) is 2. The highest BCUT2D eigenvalue weighted by atomic mass is 16.5. The summed E-state index contributed by atoms with van der Waals surface area (Å²) in [7, 11) is 0. The normalized spacial score (nSPS) is 9.83. The van der Waals surface area contributed by atoms with Gasteiger partial charge >= 0.3 is 5.97 Å². The van der Waals surface area contributed by atoms with E-state index in [1.54, 1.807) is 12.1 Å². The van der Waals surface area contributed by atoms with Crippen LogP contribution < -0.4 is 4.74 Å². The van der Waals surface area contributed by atoms with Crippen LogP contribution in [0.25, 0.3) is 0 Å². The molecule has 0 spiro atoms. The van der Waals surface area contributed by atoms with Gasteiger partial charge in [-0.1, -0.05) is 24.3 Å². The number of hydrogen-bond acceptors (Lipinski definition) is 4. The van der Waals surface area contributed by atoms with E-state index in [4.69, 9.17) is 9.47 Å². The van der Waals surface area contributed by atoms with E-state index in [9.17, 15) is 4.79 Å². The van der Waals surface area contributed by atoms with Gasteiger partial charge in [0.05, 0.1) is 5.69 Å². The first-order valence-corrected chi connectivity index (χ1v) is 5.56. The van der Waals surface area contributed by atoms with Crippen LogP contribution in [0.5, 0.6) is 11.6 Å². The summed E-state index contributed by atoms with van der Waals surface area (Å²) in [5, 5.41) is 0. The number of pyridine rings is 1. The van der Waals surface area contributed by atoms with Crippen molar-refractivity contribution in [1.82, 2.24) is 4.98 Å². The SMILES string of the molecule is CC(=O)OCc1cccc(Oc2ccccc2)n1. The fraction of sp³-hybridized carbons (Fsp3) is 0.143. The van der Waals surface area contributed by atoms with Gasteiger partial charge in [0, 0.05) is 13.0 Å². The van der Waals surface area contributed by atoms with Crippen molar-refractivity contribution in [2.75, 3.05) is 0 Å². The van der Waals surface area contributed by atoms with Crippen LogP contribution in [-0.2, 0) is 16.1 Å². The molecule has 0 fully saturated rings. The summed E-state index contributed by atoms with van der Waals surface area (Å²) in [4.78, 5) is 15.0. The summed E-state index contributed by atoms with van der Waals surface area (Å²) in [5.41, 5.74) is 0.652. The van der Waals surface area contributed by atoms with E-state index in [0.29, 0.717) is 11.6 Å². The molecule has 0 radical (unpaired) electrons. The molecule has 0 saturated heterocycles. The summed E-state index contributed by atoms with van der Waals surface area (Å²) in [6.45, 7) is 1.52. The maximum absolute atomic E-state index is 10.7.